The van der Waals surface area contributed by atoms with Crippen LogP contribution >= 0.6 is 7.82 Å². The molecule has 0 aliphatic carbocycles. The van der Waals surface area contributed by atoms with Gasteiger partial charge in [0, 0.05) is 6.42 Å². The van der Waals surface area contributed by atoms with E-state index in [0.717, 1.165) is 89.9 Å². The number of carbonyl (C=O) groups excluding carboxylic acids is 1. The van der Waals surface area contributed by atoms with Crippen LogP contribution in [0.4, 0.5) is 0 Å². The van der Waals surface area contributed by atoms with Gasteiger partial charge in [-0.05, 0) is 83.5 Å². The Labute approximate surface area is 451 Å². The molecule has 73 heavy (non-hydrogen) atoms. The second-order valence-corrected chi connectivity index (χ2v) is 22.4. The molecule has 0 aromatic heterocycles. The van der Waals surface area contributed by atoms with Gasteiger partial charge in [-0.25, -0.2) is 0 Å². The minimum atomic E-state index is -4.59. The van der Waals surface area contributed by atoms with E-state index in [4.69, 9.17) is 9.05 Å². The smallest absolute Gasteiger partial charge is 0.268 e. The van der Waals surface area contributed by atoms with Crippen molar-refractivity contribution in [3.8, 4) is 0 Å². The van der Waals surface area contributed by atoms with Crippen molar-refractivity contribution in [1.82, 2.24) is 5.32 Å². The van der Waals surface area contributed by atoms with E-state index >= 15 is 0 Å². The molecule has 0 saturated carbocycles. The van der Waals surface area contributed by atoms with Gasteiger partial charge in [0.25, 0.3) is 7.82 Å². The Balaban J connectivity index is 3.93. The molecule has 0 aliphatic heterocycles. The number of carbonyl (C=O) groups is 1. The van der Waals surface area contributed by atoms with Gasteiger partial charge < -0.3 is 28.8 Å². The molecule has 3 atom stereocenters. The van der Waals surface area contributed by atoms with Crippen LogP contribution in [0.2, 0.25) is 0 Å². The summed E-state index contributed by atoms with van der Waals surface area (Å²) < 4.78 is 23.2. The van der Waals surface area contributed by atoms with Crippen molar-refractivity contribution < 1.29 is 32.9 Å². The number of nitrogens with zero attached hydrogens (tertiary/aromatic N) is 1. The predicted octanol–water partition coefficient (Wildman–Crippen LogP) is 17.7. The lowest BCUT2D eigenvalue weighted by Crippen LogP contribution is -2.45. The molecule has 9 heteroatoms. The molecule has 420 valence electrons. The third-order valence-electron chi connectivity index (χ3n) is 12.7. The van der Waals surface area contributed by atoms with Gasteiger partial charge in [-0.15, -0.1) is 0 Å². The monoisotopic (exact) mass is 1040 g/mol. The Kier molecular flexibility index (Phi) is 51.9. The number of phosphoric ester groups is 1. The van der Waals surface area contributed by atoms with E-state index in [1.165, 1.54) is 128 Å². The second-order valence-electron chi connectivity index (χ2n) is 21.0. The number of amides is 1. The van der Waals surface area contributed by atoms with Crippen LogP contribution in [0, 0.1) is 0 Å². The summed E-state index contributed by atoms with van der Waals surface area (Å²) in [7, 11) is 1.25. The second kappa shape index (κ2) is 54.0. The van der Waals surface area contributed by atoms with Crippen molar-refractivity contribution in [3.05, 3.63) is 109 Å². The van der Waals surface area contributed by atoms with E-state index < -0.39 is 20.0 Å². The van der Waals surface area contributed by atoms with E-state index in [0.29, 0.717) is 17.4 Å². The van der Waals surface area contributed by atoms with Gasteiger partial charge in [-0.3, -0.25) is 9.36 Å². The molecule has 3 unspecified atom stereocenters. The maximum absolute atomic E-state index is 12.9. The Bertz CT molecular complexity index is 1550. The number of quaternary nitrogens is 1. The summed E-state index contributed by atoms with van der Waals surface area (Å²) in [4.78, 5) is 25.4. The minimum Gasteiger partial charge on any atom is -0.756 e. The molecule has 0 saturated heterocycles. The molecule has 0 rings (SSSR count). The molecule has 0 radical (unpaired) electrons. The number of aliphatic hydroxyl groups is 1. The number of nitrogens with one attached hydrogen (secondary N) is 1. The molecule has 1 amide bonds. The maximum Gasteiger partial charge on any atom is 0.268 e. The molecule has 0 fully saturated rings. The Morgan fingerprint density at radius 3 is 1.22 bits per heavy atom. The highest BCUT2D eigenvalue weighted by atomic mass is 31.2. The first kappa shape index (κ1) is 70.2. The molecule has 0 aliphatic rings. The van der Waals surface area contributed by atoms with Crippen molar-refractivity contribution in [1.29, 1.82) is 0 Å². The van der Waals surface area contributed by atoms with Crippen molar-refractivity contribution in [3.63, 3.8) is 0 Å². The third kappa shape index (κ3) is 56.7. The average molecular weight is 1040 g/mol. The third-order valence-corrected chi connectivity index (χ3v) is 13.7. The summed E-state index contributed by atoms with van der Waals surface area (Å²) in [5.74, 6) is -0.202. The Morgan fingerprint density at radius 2 is 0.836 bits per heavy atom. The summed E-state index contributed by atoms with van der Waals surface area (Å²) in [5, 5.41) is 13.8. The topological polar surface area (TPSA) is 108 Å². The van der Waals surface area contributed by atoms with E-state index in [1.54, 1.807) is 6.08 Å². The number of likely N-dealkylation sites (N-methyl/N-ethyl adjacent to an activating group) is 1. The molecule has 2 N–H and O–H groups in total. The van der Waals surface area contributed by atoms with Gasteiger partial charge >= 0.3 is 0 Å². The lowest BCUT2D eigenvalue weighted by Gasteiger charge is -2.29. The largest absolute Gasteiger partial charge is 0.756 e. The number of allylic oxidation sites excluding steroid dienone is 17. The molecule has 0 heterocycles. The Morgan fingerprint density at radius 1 is 0.493 bits per heavy atom. The number of hydrogen-bond acceptors (Lipinski definition) is 6. The fourth-order valence-electron chi connectivity index (χ4n) is 8.11. The minimum absolute atomic E-state index is 0.00399. The fraction of sp³-hybridized carbons (Fsp3) is 0.703. The first-order chi connectivity index (χ1) is 35.5. The molecule has 8 nitrogen and oxygen atoms in total. The Hall–Kier alpha value is -2.84. The van der Waals surface area contributed by atoms with E-state index in [1.807, 2.05) is 27.2 Å². The predicted molar refractivity (Wildman–Crippen MR) is 316 cm³/mol. The first-order valence-electron chi connectivity index (χ1n) is 29.7. The SMILES string of the molecule is CC/C=C\C/C=C\C/C=C\C/C=C\C/C=C\C/C=C\C/C=C\C/C=C\CCCCCCCCCCCCCCCCCCC(=O)NC(COP(=O)([O-])OCC[N+](C)(C)C)C(O)/C=C/CCCCCCCCCC. The highest BCUT2D eigenvalue weighted by Crippen LogP contribution is 2.38. The van der Waals surface area contributed by atoms with Crippen molar-refractivity contribution >= 4 is 13.7 Å². The van der Waals surface area contributed by atoms with Crippen LogP contribution < -0.4 is 10.2 Å². The summed E-state index contributed by atoms with van der Waals surface area (Å²) in [5.41, 5.74) is 0. The summed E-state index contributed by atoms with van der Waals surface area (Å²) in [6, 6.07) is -0.889. The summed E-state index contributed by atoms with van der Waals surface area (Å²) >= 11 is 0. The quantitative estimate of drug-likeness (QED) is 0.0272. The molecule has 0 aromatic carbocycles. The lowest BCUT2D eigenvalue weighted by molar-refractivity contribution is -0.870. The molecule has 0 aromatic rings. The first-order valence-corrected chi connectivity index (χ1v) is 31.2. The lowest BCUT2D eigenvalue weighted by atomic mass is 10.0. The van der Waals surface area contributed by atoms with Crippen LogP contribution in [-0.4, -0.2) is 68.5 Å². The zero-order valence-electron chi connectivity index (χ0n) is 47.8. The zero-order chi connectivity index (χ0) is 53.5. The molecule has 0 spiro atoms. The molecular formula is C64H113N2O6P. The summed E-state index contributed by atoms with van der Waals surface area (Å²) in [6.07, 6.45) is 79.1. The van der Waals surface area contributed by atoms with Gasteiger partial charge in [0.1, 0.15) is 13.2 Å². The number of aliphatic hydroxyl groups excluding tert-OH is 1. The van der Waals surface area contributed by atoms with Crippen LogP contribution in [-0.2, 0) is 18.4 Å². The standard InChI is InChI=1S/C64H113N2O6P/c1-6-8-10-12-14-16-18-19-20-21-22-23-24-25-26-27-28-29-30-31-32-33-34-35-36-37-38-39-40-41-42-43-44-45-46-47-48-50-52-54-56-58-64(68)65-62(61-72-73(69,70)71-60-59-66(3,4)5)63(67)57-55-53-51-49-17-15-13-11-9-7-2/h8,10,14,16,19-20,22-23,25-26,28-29,31-32,34-35,55,57,62-63,67H,6-7,9,11-13,15,17-18,21,24,27,30,33,36-54,56,58-61H2,1-5H3,(H-,65,68,69,70)/b10-8-,16-14-,20-19-,23-22-,26-25-,29-28-,32-31-,35-34-,57-55+. The molecule has 0 bridgehead atoms. The van der Waals surface area contributed by atoms with Gasteiger partial charge in [0.05, 0.1) is 39.9 Å². The number of unbranched alkanes of at least 4 members (excludes halogenated alkanes) is 24. The van der Waals surface area contributed by atoms with Crippen molar-refractivity contribution in [2.24, 2.45) is 0 Å². The van der Waals surface area contributed by atoms with Crippen LogP contribution in [0.3, 0.4) is 0 Å². The van der Waals surface area contributed by atoms with Gasteiger partial charge in [0.15, 0.2) is 0 Å². The van der Waals surface area contributed by atoms with Crippen LogP contribution in [0.25, 0.3) is 0 Å². The van der Waals surface area contributed by atoms with Crippen LogP contribution in [0.1, 0.15) is 239 Å². The van der Waals surface area contributed by atoms with E-state index in [9.17, 15) is 19.4 Å². The normalized spacial score (nSPS) is 14.7. The van der Waals surface area contributed by atoms with Gasteiger partial charge in [-0.1, -0.05) is 258 Å². The van der Waals surface area contributed by atoms with E-state index in [-0.39, 0.29) is 19.1 Å². The zero-order valence-corrected chi connectivity index (χ0v) is 48.7. The highest BCUT2D eigenvalue weighted by Gasteiger charge is 2.23. The summed E-state index contributed by atoms with van der Waals surface area (Å²) in [6.45, 7) is 4.50. The average Bonchev–Trinajstić information content (AvgIpc) is 3.35. The number of hydrogen-bond donors (Lipinski definition) is 2. The van der Waals surface area contributed by atoms with Crippen molar-refractivity contribution in [2.45, 2.75) is 251 Å². The van der Waals surface area contributed by atoms with Crippen molar-refractivity contribution in [2.75, 3.05) is 40.9 Å². The van der Waals surface area contributed by atoms with Crippen LogP contribution in [0.5, 0.6) is 0 Å². The number of rotatable bonds is 53. The highest BCUT2D eigenvalue weighted by molar-refractivity contribution is 7.45. The molecular weight excluding hydrogens is 924 g/mol. The van der Waals surface area contributed by atoms with Gasteiger partial charge in [-0.2, -0.15) is 0 Å². The number of phosphoric acid groups is 1. The fourth-order valence-corrected chi connectivity index (χ4v) is 8.83. The van der Waals surface area contributed by atoms with E-state index in [2.05, 4.69) is 116 Å². The van der Waals surface area contributed by atoms with Crippen LogP contribution in [0.15, 0.2) is 109 Å². The van der Waals surface area contributed by atoms with Gasteiger partial charge in [0.2, 0.25) is 5.91 Å². The maximum atomic E-state index is 12.9.